The minimum Gasteiger partial charge on any atom is -0.444 e. The van der Waals surface area contributed by atoms with Gasteiger partial charge in [-0.2, -0.15) is 0 Å². The Labute approximate surface area is 115 Å². The van der Waals surface area contributed by atoms with Crippen molar-refractivity contribution >= 4 is 0 Å². The molecule has 3 nitrogen and oxygen atoms in total. The molecule has 0 radical (unpaired) electrons. The molecule has 2 N–H and O–H groups in total. The van der Waals surface area contributed by atoms with Crippen LogP contribution in [-0.2, 0) is 13.0 Å². The number of hydrogen-bond donors (Lipinski definition) is 1. The van der Waals surface area contributed by atoms with E-state index in [2.05, 4.69) is 4.98 Å². The van der Waals surface area contributed by atoms with Gasteiger partial charge in [-0.05, 0) is 75.0 Å². The molecular formula is C16H24N2O. The van der Waals surface area contributed by atoms with Crippen molar-refractivity contribution in [3.63, 3.8) is 0 Å². The van der Waals surface area contributed by atoms with Gasteiger partial charge in [-0.3, -0.25) is 0 Å². The molecule has 1 aromatic rings. The average molecular weight is 260 g/mol. The minimum absolute atomic E-state index is 0.418. The highest BCUT2D eigenvalue weighted by molar-refractivity contribution is 5.14. The maximum absolute atomic E-state index is 5.64. The lowest BCUT2D eigenvalue weighted by atomic mass is 9.48. The first-order valence-electron chi connectivity index (χ1n) is 7.81. The molecule has 4 saturated carbocycles. The number of aryl methyl sites for hydroxylation is 1. The van der Waals surface area contributed by atoms with Crippen molar-refractivity contribution < 1.29 is 4.42 Å². The fraction of sp³-hybridized carbons (Fsp3) is 0.812. The molecule has 0 aliphatic heterocycles. The third-order valence-electron chi connectivity index (χ3n) is 5.82. The van der Waals surface area contributed by atoms with E-state index in [1.807, 2.05) is 6.92 Å². The van der Waals surface area contributed by atoms with Crippen molar-refractivity contribution in [2.75, 3.05) is 0 Å². The Morgan fingerprint density at radius 3 is 2.21 bits per heavy atom. The van der Waals surface area contributed by atoms with Gasteiger partial charge in [0.15, 0.2) is 0 Å². The van der Waals surface area contributed by atoms with E-state index in [1.165, 1.54) is 44.2 Å². The normalized spacial score (nSPS) is 40.0. The number of rotatable bonds is 3. The van der Waals surface area contributed by atoms with E-state index in [1.54, 1.807) is 0 Å². The van der Waals surface area contributed by atoms with Crippen LogP contribution in [0.5, 0.6) is 0 Å². The maximum Gasteiger partial charge on any atom is 0.208 e. The van der Waals surface area contributed by atoms with E-state index >= 15 is 0 Å². The van der Waals surface area contributed by atoms with Crippen LogP contribution < -0.4 is 5.73 Å². The van der Waals surface area contributed by atoms with Gasteiger partial charge in [0.1, 0.15) is 5.76 Å². The Morgan fingerprint density at radius 1 is 1.16 bits per heavy atom. The lowest BCUT2D eigenvalue weighted by Gasteiger charge is -2.56. The van der Waals surface area contributed by atoms with Crippen LogP contribution in [0.3, 0.4) is 0 Å². The fourth-order valence-corrected chi connectivity index (χ4v) is 5.60. The van der Waals surface area contributed by atoms with Gasteiger partial charge in [0.25, 0.3) is 0 Å². The van der Waals surface area contributed by atoms with E-state index in [0.717, 1.165) is 29.9 Å². The number of oxazole rings is 1. The standard InChI is InChI=1S/C16H24N2O/c1-10-14(18-15(9-17)19-10)8-16-5-11-2-12(6-16)4-13(3-11)7-16/h11-13H,2-9,17H2,1H3. The van der Waals surface area contributed by atoms with Crippen LogP contribution in [0, 0.1) is 30.1 Å². The molecule has 0 spiro atoms. The van der Waals surface area contributed by atoms with Crippen LogP contribution in [0.15, 0.2) is 4.42 Å². The van der Waals surface area contributed by atoms with E-state index in [9.17, 15) is 0 Å². The van der Waals surface area contributed by atoms with Crippen LogP contribution in [0.25, 0.3) is 0 Å². The predicted octanol–water partition coefficient (Wildman–Crippen LogP) is 3.20. The van der Waals surface area contributed by atoms with Gasteiger partial charge in [-0.15, -0.1) is 0 Å². The number of aromatic nitrogens is 1. The zero-order valence-corrected chi connectivity index (χ0v) is 11.8. The summed E-state index contributed by atoms with van der Waals surface area (Å²) < 4.78 is 5.64. The molecule has 4 fully saturated rings. The predicted molar refractivity (Wildman–Crippen MR) is 73.4 cm³/mol. The topological polar surface area (TPSA) is 52.0 Å². The molecule has 1 heterocycles. The van der Waals surface area contributed by atoms with E-state index in [4.69, 9.17) is 10.2 Å². The second-order valence-electron chi connectivity index (χ2n) is 7.41. The van der Waals surface area contributed by atoms with E-state index in [0.29, 0.717) is 17.9 Å². The second kappa shape index (κ2) is 4.08. The van der Waals surface area contributed by atoms with Crippen molar-refractivity contribution in [1.82, 2.24) is 4.98 Å². The minimum atomic E-state index is 0.418. The SMILES string of the molecule is Cc1oc(CN)nc1CC12CC3CC(CC(C3)C1)C2. The van der Waals surface area contributed by atoms with Crippen molar-refractivity contribution in [2.24, 2.45) is 28.9 Å². The Hall–Kier alpha value is -0.830. The first-order valence-corrected chi connectivity index (χ1v) is 7.81. The summed E-state index contributed by atoms with van der Waals surface area (Å²) in [6, 6.07) is 0. The molecule has 104 valence electrons. The summed E-state index contributed by atoms with van der Waals surface area (Å²) in [6.45, 7) is 2.46. The molecular weight excluding hydrogens is 236 g/mol. The van der Waals surface area contributed by atoms with Crippen LogP contribution in [0.4, 0.5) is 0 Å². The summed E-state index contributed by atoms with van der Waals surface area (Å²) in [4.78, 5) is 4.61. The summed E-state index contributed by atoms with van der Waals surface area (Å²) in [6.07, 6.45) is 9.95. The molecule has 0 saturated heterocycles. The molecule has 0 amide bonds. The summed E-state index contributed by atoms with van der Waals surface area (Å²) in [5.41, 5.74) is 7.36. The van der Waals surface area contributed by atoms with Crippen LogP contribution in [-0.4, -0.2) is 4.98 Å². The highest BCUT2D eigenvalue weighted by Crippen LogP contribution is 2.61. The lowest BCUT2D eigenvalue weighted by molar-refractivity contribution is -0.0527. The Bertz CT molecular complexity index is 456. The molecule has 0 aromatic carbocycles. The molecule has 0 atom stereocenters. The van der Waals surface area contributed by atoms with Gasteiger partial charge in [0.05, 0.1) is 12.2 Å². The quantitative estimate of drug-likeness (QED) is 0.908. The summed E-state index contributed by atoms with van der Waals surface area (Å²) >= 11 is 0. The van der Waals surface area contributed by atoms with E-state index in [-0.39, 0.29) is 0 Å². The van der Waals surface area contributed by atoms with Gasteiger partial charge in [0.2, 0.25) is 5.89 Å². The van der Waals surface area contributed by atoms with Gasteiger partial charge in [-0.25, -0.2) is 4.98 Å². The smallest absolute Gasteiger partial charge is 0.208 e. The number of nitrogens with zero attached hydrogens (tertiary/aromatic N) is 1. The molecule has 19 heavy (non-hydrogen) atoms. The maximum atomic E-state index is 5.64. The lowest BCUT2D eigenvalue weighted by Crippen LogP contribution is -2.47. The zero-order chi connectivity index (χ0) is 13.0. The van der Waals surface area contributed by atoms with Crippen molar-refractivity contribution in [2.45, 2.75) is 58.4 Å². The van der Waals surface area contributed by atoms with Gasteiger partial charge in [0, 0.05) is 0 Å². The molecule has 4 aliphatic rings. The third kappa shape index (κ3) is 1.94. The summed E-state index contributed by atoms with van der Waals surface area (Å²) in [5, 5.41) is 0. The molecule has 0 unspecified atom stereocenters. The van der Waals surface area contributed by atoms with Crippen molar-refractivity contribution in [3.8, 4) is 0 Å². The number of nitrogens with two attached hydrogens (primary N) is 1. The van der Waals surface area contributed by atoms with Gasteiger partial charge < -0.3 is 10.2 Å². The van der Waals surface area contributed by atoms with Crippen LogP contribution in [0.2, 0.25) is 0 Å². The third-order valence-corrected chi connectivity index (χ3v) is 5.82. The summed E-state index contributed by atoms with van der Waals surface area (Å²) in [7, 11) is 0. The molecule has 4 aliphatic carbocycles. The van der Waals surface area contributed by atoms with Gasteiger partial charge >= 0.3 is 0 Å². The Morgan fingerprint density at radius 2 is 1.74 bits per heavy atom. The summed E-state index contributed by atoms with van der Waals surface area (Å²) in [5.74, 6) is 4.72. The zero-order valence-electron chi connectivity index (χ0n) is 11.8. The first kappa shape index (κ1) is 12.0. The van der Waals surface area contributed by atoms with Gasteiger partial charge in [-0.1, -0.05) is 0 Å². The Kier molecular flexibility index (Phi) is 2.57. The van der Waals surface area contributed by atoms with Crippen LogP contribution >= 0.6 is 0 Å². The monoisotopic (exact) mass is 260 g/mol. The van der Waals surface area contributed by atoms with E-state index < -0.39 is 0 Å². The molecule has 5 rings (SSSR count). The molecule has 3 heteroatoms. The number of hydrogen-bond acceptors (Lipinski definition) is 3. The highest BCUT2D eigenvalue weighted by Gasteiger charge is 2.51. The van der Waals surface area contributed by atoms with Crippen molar-refractivity contribution in [1.29, 1.82) is 0 Å². The first-order chi connectivity index (χ1) is 9.16. The van der Waals surface area contributed by atoms with Crippen LogP contribution in [0.1, 0.15) is 55.9 Å². The highest BCUT2D eigenvalue weighted by atomic mass is 16.4. The average Bonchev–Trinajstić information content (AvgIpc) is 2.67. The largest absolute Gasteiger partial charge is 0.444 e. The second-order valence-corrected chi connectivity index (χ2v) is 7.41. The fourth-order valence-electron chi connectivity index (χ4n) is 5.60. The molecule has 4 bridgehead atoms. The molecule has 1 aromatic heterocycles. The van der Waals surface area contributed by atoms with Crippen molar-refractivity contribution in [3.05, 3.63) is 17.3 Å². The Balaban J connectivity index is 1.60.